The van der Waals surface area contributed by atoms with Crippen molar-refractivity contribution in [3.05, 3.63) is 35.4 Å². The Balaban J connectivity index is 2.15. The lowest BCUT2D eigenvalue weighted by molar-refractivity contribution is -0.170. The van der Waals surface area contributed by atoms with Gasteiger partial charge in [-0.1, -0.05) is 24.3 Å². The zero-order chi connectivity index (χ0) is 13.8. The van der Waals surface area contributed by atoms with Gasteiger partial charge in [0.1, 0.15) is 0 Å². The molecule has 0 aliphatic heterocycles. The number of fused-ring (bicyclic) bond motifs is 1. The highest BCUT2D eigenvalue weighted by atomic mass is 16.7. The molecule has 0 radical (unpaired) electrons. The van der Waals surface area contributed by atoms with E-state index in [0.29, 0.717) is 25.2 Å². The summed E-state index contributed by atoms with van der Waals surface area (Å²) in [4.78, 5) is 24.6. The molecule has 1 aliphatic carbocycles. The third-order valence-electron chi connectivity index (χ3n) is 3.24. The number of benzene rings is 1. The quantitative estimate of drug-likeness (QED) is 0.581. The van der Waals surface area contributed by atoms with Crippen molar-refractivity contribution in [2.75, 3.05) is 13.2 Å². The molecule has 0 heterocycles. The van der Waals surface area contributed by atoms with Crippen LogP contribution in [0.1, 0.15) is 29.8 Å². The number of rotatable bonds is 6. The number of carbonyl (C=O) groups is 2. The van der Waals surface area contributed by atoms with Crippen LogP contribution in [0.5, 0.6) is 0 Å². The van der Waals surface area contributed by atoms with Gasteiger partial charge in [0, 0.05) is 18.8 Å². The second kappa shape index (κ2) is 6.08. The molecule has 0 aromatic heterocycles. The Bertz CT molecular complexity index is 475. The standard InChI is InChI=1S/C15H18O4/c1-3-18-15(19-4-2)14(17)12-9-10-7-5-6-8-11(10)13(12)16/h5-8,12,15H,3-4,9H2,1-2H3. The van der Waals surface area contributed by atoms with Gasteiger partial charge in [0.25, 0.3) is 0 Å². The minimum Gasteiger partial charge on any atom is -0.346 e. The van der Waals surface area contributed by atoms with Gasteiger partial charge >= 0.3 is 0 Å². The summed E-state index contributed by atoms with van der Waals surface area (Å²) in [5, 5.41) is 0. The number of carbonyl (C=O) groups excluding carboxylic acids is 2. The monoisotopic (exact) mass is 262 g/mol. The summed E-state index contributed by atoms with van der Waals surface area (Å²) < 4.78 is 10.6. The number of ketones is 2. The lowest BCUT2D eigenvalue weighted by Crippen LogP contribution is -2.35. The lowest BCUT2D eigenvalue weighted by Gasteiger charge is -2.18. The van der Waals surface area contributed by atoms with Crippen LogP contribution in [0.4, 0.5) is 0 Å². The van der Waals surface area contributed by atoms with Crippen LogP contribution >= 0.6 is 0 Å². The fourth-order valence-corrected chi connectivity index (χ4v) is 2.35. The van der Waals surface area contributed by atoms with E-state index >= 15 is 0 Å². The summed E-state index contributed by atoms with van der Waals surface area (Å²) in [6.45, 7) is 4.35. The molecule has 1 aromatic rings. The molecule has 2 rings (SSSR count). The molecular formula is C15H18O4. The van der Waals surface area contributed by atoms with Crippen LogP contribution in [-0.4, -0.2) is 31.1 Å². The molecule has 0 spiro atoms. The van der Waals surface area contributed by atoms with Gasteiger partial charge in [0.15, 0.2) is 11.6 Å². The summed E-state index contributed by atoms with van der Waals surface area (Å²) in [6.07, 6.45) is -0.483. The Morgan fingerprint density at radius 3 is 2.47 bits per heavy atom. The third-order valence-corrected chi connectivity index (χ3v) is 3.24. The van der Waals surface area contributed by atoms with Crippen LogP contribution in [0, 0.1) is 5.92 Å². The van der Waals surface area contributed by atoms with Gasteiger partial charge in [-0.05, 0) is 25.8 Å². The number of ether oxygens (including phenoxy) is 2. The van der Waals surface area contributed by atoms with Crippen LogP contribution in [-0.2, 0) is 20.7 Å². The molecule has 1 unspecified atom stereocenters. The van der Waals surface area contributed by atoms with E-state index < -0.39 is 12.2 Å². The van der Waals surface area contributed by atoms with Crippen molar-refractivity contribution in [2.24, 2.45) is 5.92 Å². The van der Waals surface area contributed by atoms with Gasteiger partial charge in [-0.2, -0.15) is 0 Å². The topological polar surface area (TPSA) is 52.6 Å². The van der Waals surface area contributed by atoms with Crippen molar-refractivity contribution < 1.29 is 19.1 Å². The summed E-state index contributed by atoms with van der Waals surface area (Å²) in [7, 11) is 0. The molecule has 0 N–H and O–H groups in total. The fourth-order valence-electron chi connectivity index (χ4n) is 2.35. The van der Waals surface area contributed by atoms with Crippen LogP contribution in [0.3, 0.4) is 0 Å². The zero-order valence-corrected chi connectivity index (χ0v) is 11.2. The minimum absolute atomic E-state index is 0.120. The molecule has 102 valence electrons. The molecule has 0 saturated heterocycles. The smallest absolute Gasteiger partial charge is 0.218 e. The van der Waals surface area contributed by atoms with Crippen molar-refractivity contribution in [3.8, 4) is 0 Å². The van der Waals surface area contributed by atoms with Gasteiger partial charge in [-0.25, -0.2) is 0 Å². The molecule has 0 fully saturated rings. The van der Waals surface area contributed by atoms with Crippen molar-refractivity contribution in [2.45, 2.75) is 26.6 Å². The minimum atomic E-state index is -0.932. The van der Waals surface area contributed by atoms with E-state index in [1.165, 1.54) is 0 Å². The maximum atomic E-state index is 12.3. The Morgan fingerprint density at radius 2 is 1.89 bits per heavy atom. The molecule has 4 nitrogen and oxygen atoms in total. The first-order valence-electron chi connectivity index (χ1n) is 6.58. The molecule has 1 aliphatic rings. The highest BCUT2D eigenvalue weighted by molar-refractivity contribution is 6.14. The van der Waals surface area contributed by atoms with Crippen LogP contribution in [0.2, 0.25) is 0 Å². The summed E-state index contributed by atoms with van der Waals surface area (Å²) in [5.74, 6) is -1.06. The number of hydrogen-bond acceptors (Lipinski definition) is 4. The van der Waals surface area contributed by atoms with E-state index in [9.17, 15) is 9.59 Å². The average molecular weight is 262 g/mol. The second-order valence-electron chi connectivity index (χ2n) is 4.42. The molecule has 0 bridgehead atoms. The predicted molar refractivity (Wildman–Crippen MR) is 70.0 cm³/mol. The Morgan fingerprint density at radius 1 is 1.26 bits per heavy atom. The normalized spacial score (nSPS) is 17.8. The Kier molecular flexibility index (Phi) is 4.45. The molecular weight excluding hydrogens is 244 g/mol. The summed E-state index contributed by atoms with van der Waals surface area (Å²) in [6, 6.07) is 7.34. The first kappa shape index (κ1) is 13.9. The summed E-state index contributed by atoms with van der Waals surface area (Å²) >= 11 is 0. The zero-order valence-electron chi connectivity index (χ0n) is 11.2. The first-order valence-corrected chi connectivity index (χ1v) is 6.58. The molecule has 0 amide bonds. The Hall–Kier alpha value is -1.52. The second-order valence-corrected chi connectivity index (χ2v) is 4.42. The SMILES string of the molecule is CCOC(OCC)C(=O)C1Cc2ccccc2C1=O. The number of Topliss-reactive ketones (excluding diaryl/α,β-unsaturated/α-hetero) is 2. The first-order chi connectivity index (χ1) is 9.19. The van der Waals surface area contributed by atoms with E-state index in [4.69, 9.17) is 9.47 Å². The van der Waals surface area contributed by atoms with Crippen molar-refractivity contribution in [3.63, 3.8) is 0 Å². The van der Waals surface area contributed by atoms with E-state index in [2.05, 4.69) is 0 Å². The largest absolute Gasteiger partial charge is 0.346 e. The van der Waals surface area contributed by atoms with Gasteiger partial charge in [-0.3, -0.25) is 9.59 Å². The van der Waals surface area contributed by atoms with Crippen LogP contribution < -0.4 is 0 Å². The third kappa shape index (κ3) is 2.74. The summed E-state index contributed by atoms with van der Waals surface area (Å²) in [5.41, 5.74) is 1.57. The highest BCUT2D eigenvalue weighted by Gasteiger charge is 2.39. The van der Waals surface area contributed by atoms with E-state index in [0.717, 1.165) is 5.56 Å². The van der Waals surface area contributed by atoms with Gasteiger partial charge in [0.2, 0.25) is 6.29 Å². The molecule has 4 heteroatoms. The maximum absolute atomic E-state index is 12.3. The van der Waals surface area contributed by atoms with Gasteiger partial charge < -0.3 is 9.47 Å². The molecule has 1 aromatic carbocycles. The number of hydrogen-bond donors (Lipinski definition) is 0. The van der Waals surface area contributed by atoms with Crippen LogP contribution in [0.25, 0.3) is 0 Å². The van der Waals surface area contributed by atoms with E-state index in [1.807, 2.05) is 18.2 Å². The molecule has 19 heavy (non-hydrogen) atoms. The maximum Gasteiger partial charge on any atom is 0.218 e. The van der Waals surface area contributed by atoms with Crippen molar-refractivity contribution in [1.29, 1.82) is 0 Å². The highest BCUT2D eigenvalue weighted by Crippen LogP contribution is 2.28. The van der Waals surface area contributed by atoms with E-state index in [-0.39, 0.29) is 11.6 Å². The van der Waals surface area contributed by atoms with Gasteiger partial charge in [-0.15, -0.1) is 0 Å². The van der Waals surface area contributed by atoms with Gasteiger partial charge in [0.05, 0.1) is 5.92 Å². The lowest BCUT2D eigenvalue weighted by atomic mass is 9.99. The van der Waals surface area contributed by atoms with E-state index in [1.54, 1.807) is 19.9 Å². The fraction of sp³-hybridized carbons (Fsp3) is 0.467. The van der Waals surface area contributed by atoms with Crippen molar-refractivity contribution >= 4 is 11.6 Å². The molecule has 1 atom stereocenters. The van der Waals surface area contributed by atoms with Crippen LogP contribution in [0.15, 0.2) is 24.3 Å². The van der Waals surface area contributed by atoms with Crippen molar-refractivity contribution in [1.82, 2.24) is 0 Å². The predicted octanol–water partition coefficient (Wildman–Crippen LogP) is 2.01. The Labute approximate surface area is 112 Å². The average Bonchev–Trinajstić information content (AvgIpc) is 2.76. The molecule has 0 saturated carbocycles.